The van der Waals surface area contributed by atoms with E-state index in [1.165, 1.54) is 0 Å². The van der Waals surface area contributed by atoms with Crippen molar-refractivity contribution in [3.63, 3.8) is 0 Å². The lowest BCUT2D eigenvalue weighted by molar-refractivity contribution is -0.117. The van der Waals surface area contributed by atoms with E-state index >= 15 is 0 Å². The number of benzene rings is 2. The van der Waals surface area contributed by atoms with E-state index in [1.807, 2.05) is 53.4 Å². The number of hydrogen-bond acceptors (Lipinski definition) is 2. The molecule has 2 aromatic carbocycles. The van der Waals surface area contributed by atoms with Crippen molar-refractivity contribution in [2.45, 2.75) is 25.8 Å². The predicted molar refractivity (Wildman–Crippen MR) is 107 cm³/mol. The molecule has 2 aromatic rings. The Morgan fingerprint density at radius 3 is 2.59 bits per heavy atom. The monoisotopic (exact) mass is 383 g/mol. The average molecular weight is 384 g/mol. The number of rotatable bonds is 5. The zero-order valence-corrected chi connectivity index (χ0v) is 15.8. The summed E-state index contributed by atoms with van der Waals surface area (Å²) < 4.78 is 0. The molecule has 5 nitrogen and oxygen atoms in total. The fraction of sp³-hybridized carbons (Fsp3) is 0.333. The molecule has 140 valence electrons. The molecule has 3 amide bonds. The third kappa shape index (κ3) is 3.93. The number of carbonyl (C=O) groups is 2. The average Bonchev–Trinajstić information content (AvgIpc) is 3.51. The van der Waals surface area contributed by atoms with Crippen LogP contribution < -0.4 is 10.2 Å². The maximum absolute atomic E-state index is 13.1. The van der Waals surface area contributed by atoms with Crippen molar-refractivity contribution in [1.82, 2.24) is 4.90 Å². The number of amides is 3. The Bertz CT molecular complexity index is 866. The molecule has 27 heavy (non-hydrogen) atoms. The highest BCUT2D eigenvalue weighted by molar-refractivity contribution is 6.31. The predicted octanol–water partition coefficient (Wildman–Crippen LogP) is 4.52. The number of nitrogens with zero attached hydrogens (tertiary/aromatic N) is 2. The summed E-state index contributed by atoms with van der Waals surface area (Å²) in [6.07, 6.45) is 2.76. The van der Waals surface area contributed by atoms with Crippen molar-refractivity contribution < 1.29 is 9.59 Å². The highest BCUT2D eigenvalue weighted by Crippen LogP contribution is 2.33. The van der Waals surface area contributed by atoms with Crippen LogP contribution in [0.3, 0.4) is 0 Å². The quantitative estimate of drug-likeness (QED) is 0.825. The van der Waals surface area contributed by atoms with Crippen LogP contribution in [0.1, 0.15) is 24.8 Å². The van der Waals surface area contributed by atoms with E-state index in [1.54, 1.807) is 4.90 Å². The van der Waals surface area contributed by atoms with Gasteiger partial charge in [0.15, 0.2) is 0 Å². The largest absolute Gasteiger partial charge is 0.324 e. The summed E-state index contributed by atoms with van der Waals surface area (Å²) in [6, 6.07) is 15.0. The lowest BCUT2D eigenvalue weighted by Gasteiger charge is -2.36. The summed E-state index contributed by atoms with van der Waals surface area (Å²) in [5, 5.41) is 3.66. The molecule has 2 aliphatic rings. The lowest BCUT2D eigenvalue weighted by Crippen LogP contribution is -2.49. The molecule has 4 rings (SSSR count). The van der Waals surface area contributed by atoms with Crippen LogP contribution in [0.15, 0.2) is 48.5 Å². The number of halogens is 1. The van der Waals surface area contributed by atoms with E-state index in [0.29, 0.717) is 30.3 Å². The number of anilines is 2. The minimum Gasteiger partial charge on any atom is -0.324 e. The first-order valence-electron chi connectivity index (χ1n) is 9.33. The van der Waals surface area contributed by atoms with Gasteiger partial charge in [-0.15, -0.1) is 0 Å². The Morgan fingerprint density at radius 1 is 1.07 bits per heavy atom. The fourth-order valence-corrected chi connectivity index (χ4v) is 3.57. The van der Waals surface area contributed by atoms with Crippen LogP contribution in [-0.4, -0.2) is 29.9 Å². The van der Waals surface area contributed by atoms with E-state index in [-0.39, 0.29) is 17.9 Å². The summed E-state index contributed by atoms with van der Waals surface area (Å²) in [5.74, 6) is 0.159. The summed E-state index contributed by atoms with van der Waals surface area (Å²) >= 11 is 6.26. The van der Waals surface area contributed by atoms with E-state index < -0.39 is 0 Å². The maximum Gasteiger partial charge on any atom is 0.324 e. The molecular weight excluding hydrogens is 362 g/mol. The Hall–Kier alpha value is -2.53. The molecule has 1 saturated heterocycles. The van der Waals surface area contributed by atoms with Gasteiger partial charge in [-0.25, -0.2) is 4.79 Å². The van der Waals surface area contributed by atoms with Crippen LogP contribution in [0.5, 0.6) is 0 Å². The normalized spacial score (nSPS) is 17.1. The zero-order valence-electron chi connectivity index (χ0n) is 15.0. The van der Waals surface area contributed by atoms with E-state index in [9.17, 15) is 9.59 Å². The van der Waals surface area contributed by atoms with Gasteiger partial charge >= 0.3 is 6.03 Å². The van der Waals surface area contributed by atoms with E-state index in [0.717, 1.165) is 30.5 Å². The second-order valence-corrected chi connectivity index (χ2v) is 7.49. The molecule has 0 radical (unpaired) electrons. The number of urea groups is 1. The smallest absolute Gasteiger partial charge is 0.324 e. The molecular formula is C21H22ClN3O2. The van der Waals surface area contributed by atoms with Crippen LogP contribution in [0, 0.1) is 5.92 Å². The van der Waals surface area contributed by atoms with Crippen LogP contribution in [0.25, 0.3) is 0 Å². The van der Waals surface area contributed by atoms with Crippen molar-refractivity contribution in [3.8, 4) is 0 Å². The molecule has 0 bridgehead atoms. The maximum atomic E-state index is 13.1. The third-order valence-corrected chi connectivity index (χ3v) is 5.40. The van der Waals surface area contributed by atoms with E-state index in [4.69, 9.17) is 11.6 Å². The standard InChI is InChI=1S/C21H22ClN3O2/c22-17-7-2-1-6-16(17)14-24-12-5-13-25(21(24)27)19-9-4-3-8-18(19)23-20(26)15-10-11-15/h1-4,6-9,15H,5,10-14H2,(H,23,26). The number of hydrogen-bond donors (Lipinski definition) is 1. The molecule has 2 fully saturated rings. The second kappa shape index (κ2) is 7.61. The zero-order chi connectivity index (χ0) is 18.8. The van der Waals surface area contributed by atoms with Crippen LogP contribution >= 0.6 is 11.6 Å². The van der Waals surface area contributed by atoms with Crippen LogP contribution in [-0.2, 0) is 11.3 Å². The summed E-state index contributed by atoms with van der Waals surface area (Å²) in [5.41, 5.74) is 2.38. The Balaban J connectivity index is 1.54. The van der Waals surface area contributed by atoms with Gasteiger partial charge in [-0.3, -0.25) is 9.69 Å². The molecule has 1 saturated carbocycles. The van der Waals surface area contributed by atoms with Gasteiger partial charge in [0.2, 0.25) is 5.91 Å². The third-order valence-electron chi connectivity index (χ3n) is 5.03. The van der Waals surface area contributed by atoms with Crippen LogP contribution in [0.4, 0.5) is 16.2 Å². The van der Waals surface area contributed by atoms with Crippen molar-refractivity contribution in [2.75, 3.05) is 23.3 Å². The topological polar surface area (TPSA) is 52.7 Å². The summed E-state index contributed by atoms with van der Waals surface area (Å²) in [4.78, 5) is 28.9. The molecule has 0 aromatic heterocycles. The van der Waals surface area contributed by atoms with Crippen molar-refractivity contribution in [3.05, 3.63) is 59.1 Å². The van der Waals surface area contributed by atoms with Gasteiger partial charge < -0.3 is 10.2 Å². The SMILES string of the molecule is O=C(Nc1ccccc1N1CCCN(Cc2ccccc2Cl)C1=O)C1CC1. The Morgan fingerprint density at radius 2 is 1.81 bits per heavy atom. The molecule has 1 aliphatic carbocycles. The van der Waals surface area contributed by atoms with Crippen LogP contribution in [0.2, 0.25) is 5.02 Å². The van der Waals surface area contributed by atoms with Gasteiger partial charge in [-0.2, -0.15) is 0 Å². The minimum atomic E-state index is -0.0608. The van der Waals surface area contributed by atoms with Gasteiger partial charge in [0.05, 0.1) is 11.4 Å². The first kappa shape index (κ1) is 17.9. The molecule has 1 heterocycles. The Kier molecular flexibility index (Phi) is 5.03. The molecule has 1 aliphatic heterocycles. The summed E-state index contributed by atoms with van der Waals surface area (Å²) in [6.45, 7) is 1.80. The Labute approximate surface area is 163 Å². The first-order valence-corrected chi connectivity index (χ1v) is 9.71. The minimum absolute atomic E-state index is 0.0415. The van der Waals surface area contributed by atoms with Gasteiger partial charge in [0.25, 0.3) is 0 Å². The second-order valence-electron chi connectivity index (χ2n) is 7.08. The number of carbonyl (C=O) groups excluding carboxylic acids is 2. The lowest BCUT2D eigenvalue weighted by atomic mass is 10.1. The highest BCUT2D eigenvalue weighted by atomic mass is 35.5. The molecule has 1 N–H and O–H groups in total. The number of nitrogens with one attached hydrogen (secondary N) is 1. The highest BCUT2D eigenvalue weighted by Gasteiger charge is 2.32. The fourth-order valence-electron chi connectivity index (χ4n) is 3.38. The first-order chi connectivity index (χ1) is 13.1. The van der Waals surface area contributed by atoms with Crippen molar-refractivity contribution in [1.29, 1.82) is 0 Å². The van der Waals surface area contributed by atoms with Gasteiger partial charge in [0, 0.05) is 30.6 Å². The van der Waals surface area contributed by atoms with Gasteiger partial charge in [0.1, 0.15) is 0 Å². The van der Waals surface area contributed by atoms with Gasteiger partial charge in [-0.05, 0) is 43.0 Å². The van der Waals surface area contributed by atoms with Gasteiger partial charge in [-0.1, -0.05) is 41.9 Å². The van der Waals surface area contributed by atoms with Crippen molar-refractivity contribution in [2.24, 2.45) is 5.92 Å². The molecule has 0 unspecified atom stereocenters. The molecule has 0 spiro atoms. The van der Waals surface area contributed by atoms with E-state index in [2.05, 4.69) is 5.32 Å². The molecule has 6 heteroatoms. The summed E-state index contributed by atoms with van der Waals surface area (Å²) in [7, 11) is 0. The van der Waals surface area contributed by atoms with Crippen molar-refractivity contribution >= 4 is 34.9 Å². The number of para-hydroxylation sites is 2. The molecule has 0 atom stereocenters.